The monoisotopic (exact) mass is 372 g/mol. The summed E-state index contributed by atoms with van der Waals surface area (Å²) in [6.07, 6.45) is 1.02. The maximum Gasteiger partial charge on any atom is 0.0451 e. The van der Waals surface area contributed by atoms with Gasteiger partial charge in [-0.2, -0.15) is 0 Å². The van der Waals surface area contributed by atoms with E-state index in [4.69, 9.17) is 11.6 Å². The predicted octanol–water partition coefficient (Wildman–Crippen LogP) is 5.83. The van der Waals surface area contributed by atoms with Gasteiger partial charge in [-0.25, -0.2) is 0 Å². The summed E-state index contributed by atoms with van der Waals surface area (Å²) in [5.41, 5.74) is 5.17. The van der Waals surface area contributed by atoms with Crippen LogP contribution in [0.5, 0.6) is 0 Å². The van der Waals surface area contributed by atoms with E-state index in [9.17, 15) is 0 Å². The van der Waals surface area contributed by atoms with Gasteiger partial charge in [0.05, 0.1) is 0 Å². The molecule has 0 radical (unpaired) electrons. The summed E-state index contributed by atoms with van der Waals surface area (Å²) in [6, 6.07) is 15.1. The highest BCUT2D eigenvalue weighted by Gasteiger charge is 2.11. The molecule has 0 heterocycles. The van der Waals surface area contributed by atoms with E-state index in [0.29, 0.717) is 0 Å². The Morgan fingerprint density at radius 2 is 1.46 bits per heavy atom. The summed E-state index contributed by atoms with van der Waals surface area (Å²) in [4.78, 5) is 0. The van der Waals surface area contributed by atoms with Crippen molar-refractivity contribution in [2.75, 3.05) is 6.54 Å². The van der Waals surface area contributed by atoms with Crippen LogP contribution in [0.25, 0.3) is 11.1 Å². The minimum absolute atomic E-state index is 0.0688. The molecule has 26 heavy (non-hydrogen) atoms. The van der Waals surface area contributed by atoms with Crippen molar-refractivity contribution in [2.45, 2.75) is 65.6 Å². The molecule has 0 aliphatic heterocycles. The second-order valence-corrected chi connectivity index (χ2v) is 9.44. The van der Waals surface area contributed by atoms with Crippen LogP contribution >= 0.6 is 11.6 Å². The first kappa shape index (κ1) is 21.0. The molecule has 0 saturated carbocycles. The quantitative estimate of drug-likeness (QED) is 0.666. The summed E-state index contributed by atoms with van der Waals surface area (Å²) < 4.78 is 0. The van der Waals surface area contributed by atoms with Gasteiger partial charge in [0.2, 0.25) is 0 Å². The van der Waals surface area contributed by atoms with E-state index in [2.05, 4.69) is 88.6 Å². The van der Waals surface area contributed by atoms with E-state index in [1.54, 1.807) is 0 Å². The molecular weight excluding hydrogens is 340 g/mol. The second-order valence-electron chi connectivity index (χ2n) is 9.04. The van der Waals surface area contributed by atoms with Gasteiger partial charge >= 0.3 is 0 Å². The zero-order chi connectivity index (χ0) is 19.4. The van der Waals surface area contributed by atoms with Crippen molar-refractivity contribution < 1.29 is 0 Å². The van der Waals surface area contributed by atoms with Gasteiger partial charge in [0, 0.05) is 22.6 Å². The van der Waals surface area contributed by atoms with E-state index >= 15 is 0 Å². The van der Waals surface area contributed by atoms with E-state index in [1.165, 1.54) is 16.7 Å². The minimum atomic E-state index is 0.0688. The fourth-order valence-corrected chi connectivity index (χ4v) is 2.92. The Hall–Kier alpha value is -1.35. The molecule has 2 aromatic rings. The van der Waals surface area contributed by atoms with Crippen LogP contribution in [-0.4, -0.2) is 17.6 Å². The summed E-state index contributed by atoms with van der Waals surface area (Å²) in [5, 5.41) is 7.89. The molecule has 2 N–H and O–H groups in total. The number of hydrogen-bond donors (Lipinski definition) is 2. The Morgan fingerprint density at radius 3 is 2.12 bits per heavy atom. The van der Waals surface area contributed by atoms with E-state index in [-0.39, 0.29) is 11.1 Å². The molecule has 3 heteroatoms. The van der Waals surface area contributed by atoms with Crippen molar-refractivity contribution in [2.24, 2.45) is 0 Å². The van der Waals surface area contributed by atoms with E-state index in [0.717, 1.165) is 30.1 Å². The largest absolute Gasteiger partial charge is 0.312 e. The summed E-state index contributed by atoms with van der Waals surface area (Å²) in [7, 11) is 0. The minimum Gasteiger partial charge on any atom is -0.312 e. The molecule has 2 aromatic carbocycles. The van der Waals surface area contributed by atoms with Crippen molar-refractivity contribution in [1.29, 1.82) is 0 Å². The lowest BCUT2D eigenvalue weighted by atomic mass is 9.99. The van der Waals surface area contributed by atoms with Gasteiger partial charge in [-0.1, -0.05) is 41.9 Å². The van der Waals surface area contributed by atoms with Crippen LogP contribution in [-0.2, 0) is 13.0 Å². The highest BCUT2D eigenvalue weighted by Crippen LogP contribution is 2.26. The van der Waals surface area contributed by atoms with Crippen molar-refractivity contribution in [1.82, 2.24) is 10.6 Å². The molecular formula is C23H33ClN2. The first-order chi connectivity index (χ1) is 12.0. The average Bonchev–Trinajstić information content (AvgIpc) is 2.52. The van der Waals surface area contributed by atoms with Gasteiger partial charge in [-0.3, -0.25) is 0 Å². The maximum absolute atomic E-state index is 6.41. The van der Waals surface area contributed by atoms with E-state index < -0.39 is 0 Å². The molecule has 0 fully saturated rings. The van der Waals surface area contributed by atoms with Crippen molar-refractivity contribution in [3.63, 3.8) is 0 Å². The molecule has 0 aliphatic carbocycles. The topological polar surface area (TPSA) is 24.1 Å². The molecule has 142 valence electrons. The van der Waals surface area contributed by atoms with Gasteiger partial charge in [-0.05, 0) is 88.9 Å². The zero-order valence-electron chi connectivity index (χ0n) is 17.0. The van der Waals surface area contributed by atoms with Crippen LogP contribution in [0.4, 0.5) is 0 Å². The summed E-state index contributed by atoms with van der Waals surface area (Å²) in [6.45, 7) is 14.8. The van der Waals surface area contributed by atoms with Gasteiger partial charge in [0.1, 0.15) is 0 Å². The fraction of sp³-hybridized carbons (Fsp3) is 0.478. The van der Waals surface area contributed by atoms with Gasteiger partial charge in [0.25, 0.3) is 0 Å². The van der Waals surface area contributed by atoms with Crippen LogP contribution < -0.4 is 10.6 Å². The fourth-order valence-electron chi connectivity index (χ4n) is 2.74. The molecule has 0 saturated heterocycles. The molecule has 2 nitrogen and oxygen atoms in total. The molecule has 0 aromatic heterocycles. The van der Waals surface area contributed by atoms with Crippen molar-refractivity contribution in [3.05, 3.63) is 58.6 Å². The normalized spacial score (nSPS) is 12.4. The van der Waals surface area contributed by atoms with Gasteiger partial charge in [-0.15, -0.1) is 0 Å². The molecule has 0 aliphatic rings. The Balaban J connectivity index is 2.14. The number of halogens is 1. The summed E-state index contributed by atoms with van der Waals surface area (Å²) >= 11 is 6.41. The third-order valence-corrected chi connectivity index (χ3v) is 4.55. The maximum atomic E-state index is 6.41. The van der Waals surface area contributed by atoms with Crippen molar-refractivity contribution >= 4 is 11.6 Å². The van der Waals surface area contributed by atoms with Crippen molar-refractivity contribution in [3.8, 4) is 11.1 Å². The van der Waals surface area contributed by atoms with Crippen LogP contribution in [0.3, 0.4) is 0 Å². The Kier molecular flexibility index (Phi) is 6.90. The second kappa shape index (κ2) is 8.56. The first-order valence-electron chi connectivity index (χ1n) is 9.41. The predicted molar refractivity (Wildman–Crippen MR) is 115 cm³/mol. The van der Waals surface area contributed by atoms with Crippen LogP contribution in [0.2, 0.25) is 5.02 Å². The Morgan fingerprint density at radius 1 is 0.808 bits per heavy atom. The molecule has 2 rings (SSSR count). The smallest absolute Gasteiger partial charge is 0.0451 e. The SMILES string of the molecule is CC(C)(C)NCCc1cccc(-c2ccc(Cl)c(CNC(C)(C)C)c2)c1. The Bertz CT molecular complexity index is 724. The number of nitrogens with one attached hydrogen (secondary N) is 2. The molecule has 0 spiro atoms. The van der Waals surface area contributed by atoms with Gasteiger partial charge < -0.3 is 10.6 Å². The number of hydrogen-bond acceptors (Lipinski definition) is 2. The lowest BCUT2D eigenvalue weighted by Crippen LogP contribution is -2.37. The highest BCUT2D eigenvalue weighted by atomic mass is 35.5. The average molecular weight is 373 g/mol. The Labute approximate surface area is 164 Å². The highest BCUT2D eigenvalue weighted by molar-refractivity contribution is 6.31. The molecule has 0 atom stereocenters. The van der Waals surface area contributed by atoms with E-state index in [1.807, 2.05) is 6.07 Å². The third-order valence-electron chi connectivity index (χ3n) is 4.18. The van der Waals surface area contributed by atoms with Crippen LogP contribution in [0, 0.1) is 0 Å². The first-order valence-corrected chi connectivity index (χ1v) is 9.79. The zero-order valence-corrected chi connectivity index (χ0v) is 17.8. The standard InChI is InChI=1S/C23H33ClN2/c1-22(2,3)25-13-12-17-8-7-9-18(14-17)19-10-11-21(24)20(15-19)16-26-23(4,5)6/h7-11,14-15,25-26H,12-13,16H2,1-6H3. The third kappa shape index (κ3) is 7.11. The molecule has 0 bridgehead atoms. The van der Waals surface area contributed by atoms with Crippen LogP contribution in [0.15, 0.2) is 42.5 Å². The van der Waals surface area contributed by atoms with Crippen LogP contribution in [0.1, 0.15) is 52.7 Å². The molecule has 0 unspecified atom stereocenters. The number of rotatable bonds is 6. The number of benzene rings is 2. The lowest BCUT2D eigenvalue weighted by Gasteiger charge is -2.21. The summed E-state index contributed by atoms with van der Waals surface area (Å²) in [5.74, 6) is 0. The lowest BCUT2D eigenvalue weighted by molar-refractivity contribution is 0.424. The molecule has 0 amide bonds. The van der Waals surface area contributed by atoms with Gasteiger partial charge in [0.15, 0.2) is 0 Å².